The summed E-state index contributed by atoms with van der Waals surface area (Å²) in [6.07, 6.45) is 1.49. The van der Waals surface area contributed by atoms with Gasteiger partial charge in [0.15, 0.2) is 11.6 Å². The Kier molecular flexibility index (Phi) is 6.55. The van der Waals surface area contributed by atoms with Crippen molar-refractivity contribution in [1.29, 1.82) is 0 Å². The van der Waals surface area contributed by atoms with Gasteiger partial charge in [0.05, 0.1) is 18.4 Å². The van der Waals surface area contributed by atoms with Gasteiger partial charge in [-0.25, -0.2) is 4.68 Å². The van der Waals surface area contributed by atoms with Crippen molar-refractivity contribution in [3.63, 3.8) is 0 Å². The fourth-order valence-corrected chi connectivity index (χ4v) is 4.74. The van der Waals surface area contributed by atoms with Crippen molar-refractivity contribution in [2.45, 2.75) is 39.3 Å². The lowest BCUT2D eigenvalue weighted by Gasteiger charge is -2.39. The number of furan rings is 1. The van der Waals surface area contributed by atoms with E-state index < -0.39 is 11.6 Å². The van der Waals surface area contributed by atoms with Crippen LogP contribution in [-0.2, 0) is 5.54 Å². The SMILES string of the molecule is CCOc1ccc2[nH]c(=O)c(C(c3nnnn3C(C)(C)C)N3CCN(C(=O)c4ccco4)CC3)cc2c1. The first-order valence-corrected chi connectivity index (χ1v) is 12.4. The number of aromatic nitrogens is 5. The minimum atomic E-state index is -0.515. The number of aromatic amines is 1. The van der Waals surface area contributed by atoms with Crippen molar-refractivity contribution in [2.75, 3.05) is 32.8 Å². The lowest BCUT2D eigenvalue weighted by molar-refractivity contribution is 0.0555. The standard InChI is InChI=1S/C26H31N7O4/c1-5-36-18-8-9-20-17(15-18)16-19(24(34)27-20)22(23-28-29-30-33(23)26(2,3)4)31-10-12-32(13-11-31)25(35)21-7-6-14-37-21/h6-9,14-16,22H,5,10-13H2,1-4H3,(H,27,34). The Labute approximate surface area is 214 Å². The highest BCUT2D eigenvalue weighted by Crippen LogP contribution is 2.31. The van der Waals surface area contributed by atoms with Gasteiger partial charge in [0.25, 0.3) is 11.5 Å². The minimum absolute atomic E-state index is 0.146. The second-order valence-corrected chi connectivity index (χ2v) is 10.1. The number of rotatable bonds is 6. The minimum Gasteiger partial charge on any atom is -0.494 e. The zero-order chi connectivity index (χ0) is 26.2. The maximum absolute atomic E-state index is 13.4. The third kappa shape index (κ3) is 4.86. The zero-order valence-electron chi connectivity index (χ0n) is 21.5. The summed E-state index contributed by atoms with van der Waals surface area (Å²) < 4.78 is 12.7. The molecule has 0 saturated carbocycles. The van der Waals surface area contributed by atoms with Crippen molar-refractivity contribution in [2.24, 2.45) is 0 Å². The van der Waals surface area contributed by atoms with Gasteiger partial charge in [0.2, 0.25) is 0 Å². The summed E-state index contributed by atoms with van der Waals surface area (Å²) >= 11 is 0. The average Bonchev–Trinajstić information content (AvgIpc) is 3.58. The Morgan fingerprint density at radius 1 is 1.16 bits per heavy atom. The van der Waals surface area contributed by atoms with Crippen molar-refractivity contribution in [1.82, 2.24) is 35.0 Å². The van der Waals surface area contributed by atoms with Gasteiger partial charge in [0, 0.05) is 42.6 Å². The number of amides is 1. The highest BCUT2D eigenvalue weighted by molar-refractivity contribution is 5.91. The van der Waals surface area contributed by atoms with E-state index in [4.69, 9.17) is 9.15 Å². The molecule has 1 fully saturated rings. The maximum Gasteiger partial charge on any atom is 0.289 e. The zero-order valence-corrected chi connectivity index (χ0v) is 21.5. The van der Waals surface area contributed by atoms with Crippen molar-refractivity contribution < 1.29 is 13.9 Å². The second kappa shape index (κ2) is 9.81. The first-order chi connectivity index (χ1) is 17.8. The van der Waals surface area contributed by atoms with Crippen molar-refractivity contribution in [3.05, 3.63) is 70.2 Å². The Balaban J connectivity index is 1.54. The smallest absolute Gasteiger partial charge is 0.289 e. The summed E-state index contributed by atoms with van der Waals surface area (Å²) in [4.78, 5) is 33.2. The number of ether oxygens (including phenoxy) is 1. The number of nitrogens with one attached hydrogen (secondary N) is 1. The molecule has 1 amide bonds. The molecule has 1 aliphatic heterocycles. The first-order valence-electron chi connectivity index (χ1n) is 12.4. The summed E-state index contributed by atoms with van der Waals surface area (Å²) in [6.45, 7) is 10.6. The van der Waals surface area contributed by atoms with E-state index in [9.17, 15) is 9.59 Å². The number of H-pyrrole nitrogens is 1. The second-order valence-electron chi connectivity index (χ2n) is 10.1. The molecule has 3 aromatic heterocycles. The van der Waals surface area contributed by atoms with E-state index in [-0.39, 0.29) is 11.5 Å². The molecule has 1 saturated heterocycles. The summed E-state index contributed by atoms with van der Waals surface area (Å²) in [7, 11) is 0. The molecule has 11 nitrogen and oxygen atoms in total. The molecule has 194 valence electrons. The quantitative estimate of drug-likeness (QED) is 0.424. The highest BCUT2D eigenvalue weighted by atomic mass is 16.5. The van der Waals surface area contributed by atoms with Crippen LogP contribution in [0.1, 0.15) is 55.7 Å². The molecule has 37 heavy (non-hydrogen) atoms. The van der Waals surface area contributed by atoms with Crippen molar-refractivity contribution in [3.8, 4) is 5.75 Å². The molecule has 0 bridgehead atoms. The Hall–Kier alpha value is -3.99. The molecule has 11 heteroatoms. The largest absolute Gasteiger partial charge is 0.494 e. The van der Waals surface area contributed by atoms with E-state index in [0.29, 0.717) is 49.9 Å². The topological polar surface area (TPSA) is 122 Å². The van der Waals surface area contributed by atoms with Crippen LogP contribution in [0.2, 0.25) is 0 Å². The van der Waals surface area contributed by atoms with Gasteiger partial charge in [-0.2, -0.15) is 0 Å². The molecule has 4 aromatic rings. The van der Waals surface area contributed by atoms with Crippen LogP contribution in [0.15, 0.2) is 51.9 Å². The number of hydrogen-bond acceptors (Lipinski definition) is 8. The molecule has 1 unspecified atom stereocenters. The molecule has 0 aliphatic carbocycles. The molecule has 1 aliphatic rings. The molecule has 0 spiro atoms. The number of nitrogens with zero attached hydrogens (tertiary/aromatic N) is 6. The van der Waals surface area contributed by atoms with Crippen LogP contribution in [0.25, 0.3) is 10.9 Å². The van der Waals surface area contributed by atoms with E-state index in [1.54, 1.807) is 21.7 Å². The molecule has 1 aromatic carbocycles. The summed E-state index contributed by atoms with van der Waals surface area (Å²) in [6, 6.07) is 10.4. The number of carbonyl (C=O) groups is 1. The first kappa shape index (κ1) is 24.7. The number of benzene rings is 1. The molecular formula is C26H31N7O4. The number of piperazine rings is 1. The van der Waals surface area contributed by atoms with Crippen LogP contribution < -0.4 is 10.3 Å². The highest BCUT2D eigenvalue weighted by Gasteiger charge is 2.36. The number of tetrazole rings is 1. The van der Waals surface area contributed by atoms with Crippen LogP contribution in [0.4, 0.5) is 0 Å². The Morgan fingerprint density at radius 2 is 1.95 bits per heavy atom. The van der Waals surface area contributed by atoms with Gasteiger partial charge >= 0.3 is 0 Å². The van der Waals surface area contributed by atoms with Gasteiger partial charge in [-0.3, -0.25) is 14.5 Å². The number of hydrogen-bond donors (Lipinski definition) is 1. The lowest BCUT2D eigenvalue weighted by Crippen LogP contribution is -2.51. The van der Waals surface area contributed by atoms with E-state index in [1.165, 1.54) is 6.26 Å². The fraction of sp³-hybridized carbons (Fsp3) is 0.423. The van der Waals surface area contributed by atoms with Gasteiger partial charge < -0.3 is 19.0 Å². The van der Waals surface area contributed by atoms with Crippen LogP contribution in [0, 0.1) is 0 Å². The molecule has 1 atom stereocenters. The molecule has 5 rings (SSSR count). The lowest BCUT2D eigenvalue weighted by atomic mass is 10.0. The molecule has 4 heterocycles. The van der Waals surface area contributed by atoms with Crippen molar-refractivity contribution >= 4 is 16.8 Å². The third-order valence-corrected chi connectivity index (χ3v) is 6.52. The predicted molar refractivity (Wildman–Crippen MR) is 137 cm³/mol. The number of pyridine rings is 1. The summed E-state index contributed by atoms with van der Waals surface area (Å²) in [5.74, 6) is 1.48. The molecule has 0 radical (unpaired) electrons. The number of fused-ring (bicyclic) bond motifs is 1. The monoisotopic (exact) mass is 505 g/mol. The summed E-state index contributed by atoms with van der Waals surface area (Å²) in [5.41, 5.74) is 0.645. The number of carbonyl (C=O) groups excluding carboxylic acids is 1. The van der Waals surface area contributed by atoms with Crippen LogP contribution in [0.3, 0.4) is 0 Å². The van der Waals surface area contributed by atoms with Gasteiger partial charge in [-0.05, 0) is 74.5 Å². The van der Waals surface area contributed by atoms with E-state index in [0.717, 1.165) is 16.7 Å². The summed E-state index contributed by atoms with van der Waals surface area (Å²) in [5, 5.41) is 13.5. The van der Waals surface area contributed by atoms with E-state index in [1.807, 2.05) is 52.0 Å². The fourth-order valence-electron chi connectivity index (χ4n) is 4.74. The van der Waals surface area contributed by atoms with Gasteiger partial charge in [0.1, 0.15) is 11.8 Å². The van der Waals surface area contributed by atoms with Crippen LogP contribution in [-0.4, -0.2) is 73.7 Å². The van der Waals surface area contributed by atoms with E-state index in [2.05, 4.69) is 25.4 Å². The average molecular weight is 506 g/mol. The predicted octanol–water partition coefficient (Wildman–Crippen LogP) is 2.81. The molecular weight excluding hydrogens is 474 g/mol. The normalized spacial score (nSPS) is 15.7. The van der Waals surface area contributed by atoms with Crippen LogP contribution >= 0.6 is 0 Å². The third-order valence-electron chi connectivity index (χ3n) is 6.52. The maximum atomic E-state index is 13.4. The molecule has 1 N–H and O–H groups in total. The Morgan fingerprint density at radius 3 is 2.62 bits per heavy atom. The Bertz CT molecular complexity index is 1440. The van der Waals surface area contributed by atoms with Gasteiger partial charge in [-0.15, -0.1) is 5.10 Å². The van der Waals surface area contributed by atoms with E-state index >= 15 is 0 Å². The van der Waals surface area contributed by atoms with Crippen LogP contribution in [0.5, 0.6) is 5.75 Å². The van der Waals surface area contributed by atoms with Gasteiger partial charge in [-0.1, -0.05) is 0 Å².